The summed E-state index contributed by atoms with van der Waals surface area (Å²) in [5, 5.41) is 9.27. The molecule has 0 bridgehead atoms. The molecule has 0 saturated heterocycles. The van der Waals surface area contributed by atoms with E-state index < -0.39 is 11.4 Å². The molecule has 0 atom stereocenters. The third-order valence-electron chi connectivity index (χ3n) is 3.29. The summed E-state index contributed by atoms with van der Waals surface area (Å²) in [4.78, 5) is 11.3. The Morgan fingerprint density at radius 3 is 2.81 bits per heavy atom. The molecule has 16 heavy (non-hydrogen) atoms. The second-order valence-electron chi connectivity index (χ2n) is 4.40. The van der Waals surface area contributed by atoms with Crippen LogP contribution in [0.3, 0.4) is 0 Å². The van der Waals surface area contributed by atoms with Crippen molar-refractivity contribution < 1.29 is 14.3 Å². The van der Waals surface area contributed by atoms with Crippen molar-refractivity contribution in [3.8, 4) is 0 Å². The number of rotatable bonds is 3. The number of carboxylic acids is 1. The van der Waals surface area contributed by atoms with Crippen molar-refractivity contribution in [2.75, 3.05) is 0 Å². The number of furan rings is 1. The lowest BCUT2D eigenvalue weighted by atomic mass is 9.61. The van der Waals surface area contributed by atoms with Gasteiger partial charge in [-0.15, -0.1) is 0 Å². The molecule has 0 amide bonds. The molecule has 4 heteroatoms. The van der Waals surface area contributed by atoms with Crippen LogP contribution in [0.2, 0.25) is 0 Å². The van der Waals surface area contributed by atoms with Gasteiger partial charge >= 0.3 is 5.97 Å². The van der Waals surface area contributed by atoms with Crippen molar-refractivity contribution in [3.05, 3.63) is 29.7 Å². The van der Waals surface area contributed by atoms with Gasteiger partial charge in [-0.05, 0) is 38.0 Å². The van der Waals surface area contributed by atoms with Crippen molar-refractivity contribution >= 4 is 12.0 Å². The molecule has 0 radical (unpaired) electrons. The van der Waals surface area contributed by atoms with Crippen molar-refractivity contribution in [1.82, 2.24) is 0 Å². The van der Waals surface area contributed by atoms with Crippen molar-refractivity contribution in [1.29, 1.82) is 0 Å². The first kappa shape index (κ1) is 11.0. The Kier molecular flexibility index (Phi) is 2.59. The Morgan fingerprint density at radius 2 is 2.38 bits per heavy atom. The van der Waals surface area contributed by atoms with E-state index in [1.165, 1.54) is 0 Å². The Balaban J connectivity index is 2.25. The lowest BCUT2D eigenvalue weighted by molar-refractivity contribution is -0.151. The molecule has 1 aromatic heterocycles. The first-order valence-electron chi connectivity index (χ1n) is 5.26. The summed E-state index contributed by atoms with van der Waals surface area (Å²) in [6.07, 6.45) is 4.36. The zero-order valence-electron chi connectivity index (χ0n) is 9.14. The van der Waals surface area contributed by atoms with Crippen LogP contribution in [0.5, 0.6) is 0 Å². The predicted molar refractivity (Wildman–Crippen MR) is 59.6 cm³/mol. The van der Waals surface area contributed by atoms with Crippen LogP contribution < -0.4 is 5.73 Å². The van der Waals surface area contributed by atoms with Gasteiger partial charge in [-0.3, -0.25) is 4.79 Å². The monoisotopic (exact) mass is 221 g/mol. The average Bonchev–Trinajstić information content (AvgIpc) is 2.64. The summed E-state index contributed by atoms with van der Waals surface area (Å²) in [6, 6.07) is 3.58. The fourth-order valence-corrected chi connectivity index (χ4v) is 2.23. The smallest absolute Gasteiger partial charge is 0.313 e. The molecule has 0 aliphatic heterocycles. The number of aliphatic carboxylic acids is 1. The highest BCUT2D eigenvalue weighted by Crippen LogP contribution is 2.47. The predicted octanol–water partition coefficient (Wildman–Crippen LogP) is 1.87. The quantitative estimate of drug-likeness (QED) is 0.817. The minimum Gasteiger partial charge on any atom is -0.481 e. The summed E-state index contributed by atoms with van der Waals surface area (Å²) in [5.41, 5.74) is 5.71. The number of carbonyl (C=O) groups is 1. The van der Waals surface area contributed by atoms with Gasteiger partial charge in [-0.2, -0.15) is 0 Å². The highest BCUT2D eigenvalue weighted by atomic mass is 16.4. The zero-order chi connectivity index (χ0) is 11.8. The van der Waals surface area contributed by atoms with Crippen LogP contribution in [-0.2, 0) is 4.79 Å². The summed E-state index contributed by atoms with van der Waals surface area (Å²) in [6.45, 7) is 1.82. The minimum atomic E-state index is -0.797. The normalized spacial score (nSPS) is 29.9. The summed E-state index contributed by atoms with van der Waals surface area (Å²) in [5.74, 6) is -0.117. The maximum Gasteiger partial charge on any atom is 0.313 e. The Bertz CT molecular complexity index is 413. The number of carboxylic acid groups (broad SMARTS) is 1. The fourth-order valence-electron chi connectivity index (χ4n) is 2.23. The number of hydrogen-bond donors (Lipinski definition) is 2. The molecular weight excluding hydrogens is 206 g/mol. The van der Waals surface area contributed by atoms with Crippen molar-refractivity contribution in [2.24, 2.45) is 11.1 Å². The molecule has 1 heterocycles. The second kappa shape index (κ2) is 3.79. The van der Waals surface area contributed by atoms with E-state index in [0.717, 1.165) is 5.57 Å². The van der Waals surface area contributed by atoms with Gasteiger partial charge in [0.25, 0.3) is 0 Å². The van der Waals surface area contributed by atoms with Crippen LogP contribution in [0.15, 0.2) is 28.4 Å². The molecule has 0 spiro atoms. The molecule has 0 aromatic carbocycles. The van der Waals surface area contributed by atoms with E-state index in [1.54, 1.807) is 24.5 Å². The van der Waals surface area contributed by atoms with Crippen LogP contribution in [0, 0.1) is 5.41 Å². The Morgan fingerprint density at radius 1 is 1.69 bits per heavy atom. The standard InChI is InChI=1S/C12H15NO3/c1-8(5-10-3-2-4-16-10)12(11(14)15)6-9(13)7-12/h2-5,9H,6-7,13H2,1H3,(H,14,15)/b8-5+. The van der Waals surface area contributed by atoms with E-state index >= 15 is 0 Å². The van der Waals surface area contributed by atoms with E-state index in [4.69, 9.17) is 10.2 Å². The SMILES string of the molecule is C/C(=C\c1ccco1)C1(C(=O)O)CC(N)C1. The average molecular weight is 221 g/mol. The van der Waals surface area contributed by atoms with E-state index in [9.17, 15) is 9.90 Å². The lowest BCUT2D eigenvalue weighted by Gasteiger charge is -2.43. The first-order valence-corrected chi connectivity index (χ1v) is 5.26. The fraction of sp³-hybridized carbons (Fsp3) is 0.417. The molecule has 1 aromatic rings. The van der Waals surface area contributed by atoms with E-state index in [1.807, 2.05) is 6.92 Å². The van der Waals surface area contributed by atoms with Crippen molar-refractivity contribution in [2.45, 2.75) is 25.8 Å². The van der Waals surface area contributed by atoms with Gasteiger partial charge in [0, 0.05) is 6.04 Å². The molecular formula is C12H15NO3. The van der Waals surface area contributed by atoms with Gasteiger partial charge in [0.2, 0.25) is 0 Å². The second-order valence-corrected chi connectivity index (χ2v) is 4.40. The topological polar surface area (TPSA) is 76.5 Å². The maximum absolute atomic E-state index is 11.3. The van der Waals surface area contributed by atoms with Crippen molar-refractivity contribution in [3.63, 3.8) is 0 Å². The van der Waals surface area contributed by atoms with Gasteiger partial charge in [0.15, 0.2) is 0 Å². The lowest BCUT2D eigenvalue weighted by Crippen LogP contribution is -2.51. The Labute approximate surface area is 93.7 Å². The zero-order valence-corrected chi connectivity index (χ0v) is 9.14. The van der Waals surface area contributed by atoms with Gasteiger partial charge in [-0.1, -0.05) is 5.57 Å². The number of hydrogen-bond acceptors (Lipinski definition) is 3. The molecule has 1 aliphatic carbocycles. The van der Waals surface area contributed by atoms with E-state index in [0.29, 0.717) is 18.6 Å². The molecule has 0 unspecified atom stereocenters. The Hall–Kier alpha value is -1.55. The van der Waals surface area contributed by atoms with Crippen LogP contribution >= 0.6 is 0 Å². The molecule has 1 fully saturated rings. The van der Waals surface area contributed by atoms with Crippen LogP contribution in [0.25, 0.3) is 6.08 Å². The van der Waals surface area contributed by atoms with Crippen LogP contribution in [0.1, 0.15) is 25.5 Å². The minimum absolute atomic E-state index is 0.00366. The highest BCUT2D eigenvalue weighted by Gasteiger charge is 2.50. The van der Waals surface area contributed by atoms with Crippen LogP contribution in [-0.4, -0.2) is 17.1 Å². The molecule has 1 saturated carbocycles. The first-order chi connectivity index (χ1) is 7.54. The third kappa shape index (κ3) is 1.65. The largest absolute Gasteiger partial charge is 0.481 e. The summed E-state index contributed by atoms with van der Waals surface area (Å²) in [7, 11) is 0. The molecule has 3 N–H and O–H groups in total. The summed E-state index contributed by atoms with van der Waals surface area (Å²) < 4.78 is 5.17. The number of nitrogens with two attached hydrogens (primary N) is 1. The van der Waals surface area contributed by atoms with Crippen LogP contribution in [0.4, 0.5) is 0 Å². The molecule has 86 valence electrons. The summed E-state index contributed by atoms with van der Waals surface area (Å²) >= 11 is 0. The maximum atomic E-state index is 11.3. The van der Waals surface area contributed by atoms with Gasteiger partial charge in [-0.25, -0.2) is 0 Å². The molecule has 2 rings (SSSR count). The van der Waals surface area contributed by atoms with Gasteiger partial charge < -0.3 is 15.3 Å². The molecule has 1 aliphatic rings. The third-order valence-corrected chi connectivity index (χ3v) is 3.29. The van der Waals surface area contributed by atoms with Gasteiger partial charge in [0.05, 0.1) is 11.7 Å². The van der Waals surface area contributed by atoms with Gasteiger partial charge in [0.1, 0.15) is 5.76 Å². The highest BCUT2D eigenvalue weighted by molar-refractivity contribution is 5.82. The molecule has 4 nitrogen and oxygen atoms in total. The van der Waals surface area contributed by atoms with E-state index in [2.05, 4.69) is 0 Å². The van der Waals surface area contributed by atoms with E-state index in [-0.39, 0.29) is 6.04 Å².